The fourth-order valence-electron chi connectivity index (χ4n) is 6.23. The number of quaternary nitrogens is 1. The van der Waals surface area contributed by atoms with Gasteiger partial charge in [-0.1, -0.05) is 197 Å². The summed E-state index contributed by atoms with van der Waals surface area (Å²) in [7, 11) is 1.55. The molecule has 0 aromatic carbocycles. The van der Waals surface area contributed by atoms with Crippen LogP contribution in [0.4, 0.5) is 0 Å². The average molecular weight is 808 g/mol. The second kappa shape index (κ2) is 38.7. The third-order valence-corrected chi connectivity index (χ3v) is 10.8. The maximum atomic E-state index is 12.8. The van der Waals surface area contributed by atoms with Crippen LogP contribution in [0.3, 0.4) is 0 Å². The van der Waals surface area contributed by atoms with E-state index in [-0.39, 0.29) is 25.5 Å². The molecule has 0 heterocycles. The third-order valence-electron chi connectivity index (χ3n) is 9.81. The number of aliphatic hydroxyl groups is 1. The van der Waals surface area contributed by atoms with Gasteiger partial charge in [-0.3, -0.25) is 13.8 Å². The smallest absolute Gasteiger partial charge is 0.391 e. The van der Waals surface area contributed by atoms with Gasteiger partial charge in [-0.05, 0) is 38.5 Å². The summed E-state index contributed by atoms with van der Waals surface area (Å²) >= 11 is 0. The molecule has 1 amide bonds. The monoisotopic (exact) mass is 808 g/mol. The minimum absolute atomic E-state index is 0.0558. The summed E-state index contributed by atoms with van der Waals surface area (Å²) in [6.07, 6.45) is 50.0. The summed E-state index contributed by atoms with van der Waals surface area (Å²) in [6, 6.07) is -0.816. The maximum absolute atomic E-state index is 12.8. The van der Waals surface area contributed by atoms with Crippen molar-refractivity contribution in [3.05, 3.63) is 60.8 Å². The Morgan fingerprint density at radius 2 is 1.00 bits per heavy atom. The molecule has 3 unspecified atom stereocenters. The van der Waals surface area contributed by atoms with Crippen molar-refractivity contribution < 1.29 is 32.9 Å². The molecule has 3 atom stereocenters. The minimum Gasteiger partial charge on any atom is -0.391 e. The van der Waals surface area contributed by atoms with Crippen LogP contribution in [0.25, 0.3) is 0 Å². The number of hydrogen-bond acceptors (Lipinski definition) is 5. The summed E-state index contributed by atoms with van der Waals surface area (Å²) in [4.78, 5) is 23.1. The number of unbranched alkanes of at least 4 members (excludes halogenated alkanes) is 18. The van der Waals surface area contributed by atoms with Crippen molar-refractivity contribution in [1.29, 1.82) is 0 Å². The van der Waals surface area contributed by atoms with E-state index in [1.54, 1.807) is 6.08 Å². The van der Waals surface area contributed by atoms with Gasteiger partial charge < -0.3 is 19.8 Å². The highest BCUT2D eigenvalue weighted by Crippen LogP contribution is 2.43. The summed E-state index contributed by atoms with van der Waals surface area (Å²) < 4.78 is 23.6. The molecule has 0 aromatic rings. The van der Waals surface area contributed by atoms with E-state index in [9.17, 15) is 19.4 Å². The number of rotatable bonds is 40. The highest BCUT2D eigenvalue weighted by Gasteiger charge is 2.28. The number of hydrogen-bond donors (Lipinski definition) is 3. The zero-order chi connectivity index (χ0) is 41.4. The molecule has 0 aliphatic carbocycles. The molecule has 0 spiro atoms. The summed E-state index contributed by atoms with van der Waals surface area (Å²) in [5.41, 5.74) is 0. The lowest BCUT2D eigenvalue weighted by molar-refractivity contribution is -0.870. The van der Waals surface area contributed by atoms with E-state index in [2.05, 4.69) is 67.8 Å². The van der Waals surface area contributed by atoms with E-state index < -0.39 is 20.0 Å². The Balaban J connectivity index is 4.46. The van der Waals surface area contributed by atoms with Crippen molar-refractivity contribution in [2.24, 2.45) is 0 Å². The number of phosphoric acid groups is 1. The first-order valence-electron chi connectivity index (χ1n) is 22.7. The minimum atomic E-state index is -4.34. The number of phosphoric ester groups is 1. The van der Waals surface area contributed by atoms with Crippen LogP contribution < -0.4 is 5.32 Å². The Bertz CT molecular complexity index is 1100. The SMILES string of the molecule is CC/C=C\C/C=C\C/C=C\C/C=C\C/C=C\CC(=O)NC(COP(=O)(O)OCC[N+](C)(C)C)C(O)CCCCCCCCCCCCCCCCCCCCC. The second-order valence-corrected chi connectivity index (χ2v) is 17.9. The molecule has 9 heteroatoms. The summed E-state index contributed by atoms with van der Waals surface area (Å²) in [5.74, 6) is -0.272. The number of carbonyl (C=O) groups is 1. The van der Waals surface area contributed by atoms with E-state index >= 15 is 0 Å². The Morgan fingerprint density at radius 1 is 0.607 bits per heavy atom. The number of carbonyl (C=O) groups excluding carboxylic acids is 1. The third kappa shape index (κ3) is 40.4. The molecule has 0 aromatic heterocycles. The van der Waals surface area contributed by atoms with Gasteiger partial charge >= 0.3 is 7.82 Å². The van der Waals surface area contributed by atoms with Crippen LogP contribution in [0.15, 0.2) is 60.8 Å². The standard InChI is InChI=1S/C47H87N2O6P/c1-6-8-10-12-14-16-18-20-22-23-24-25-27-28-30-32-34-36-38-40-46(50)45(44-55-56(52,53)54-43-42-49(3,4)5)48-47(51)41-39-37-35-33-31-29-26-21-19-17-15-13-11-9-7-2/h9,11,15,17,21,26,31,33,37,39,45-46,50H,6-8,10,12-14,16,18-20,22-25,27-30,32,34-36,38,40-44H2,1-5H3,(H-,48,51,52,53)/p+1/b11-9-,17-15-,26-21-,33-31-,39-37-. The molecule has 0 radical (unpaired) electrons. The molecule has 56 heavy (non-hydrogen) atoms. The lowest BCUT2D eigenvalue weighted by Crippen LogP contribution is -2.46. The van der Waals surface area contributed by atoms with Crippen LogP contribution in [0.5, 0.6) is 0 Å². The Hall–Kier alpha value is -1.80. The van der Waals surface area contributed by atoms with Crippen molar-refractivity contribution in [1.82, 2.24) is 5.32 Å². The van der Waals surface area contributed by atoms with Crippen LogP contribution in [0.2, 0.25) is 0 Å². The highest BCUT2D eigenvalue weighted by atomic mass is 31.2. The van der Waals surface area contributed by atoms with Gasteiger partial charge in [0.2, 0.25) is 5.91 Å². The molecule has 0 aliphatic heterocycles. The van der Waals surface area contributed by atoms with Crippen LogP contribution >= 0.6 is 7.82 Å². The zero-order valence-corrected chi connectivity index (χ0v) is 37.8. The van der Waals surface area contributed by atoms with E-state index in [1.807, 2.05) is 27.2 Å². The fourth-order valence-corrected chi connectivity index (χ4v) is 6.97. The van der Waals surface area contributed by atoms with Gasteiger partial charge in [-0.15, -0.1) is 0 Å². The number of nitrogens with one attached hydrogen (secondary N) is 1. The van der Waals surface area contributed by atoms with Crippen LogP contribution in [-0.2, 0) is 18.4 Å². The zero-order valence-electron chi connectivity index (χ0n) is 36.9. The Labute approximate surface area is 345 Å². The first-order valence-corrected chi connectivity index (χ1v) is 24.1. The van der Waals surface area contributed by atoms with E-state index in [0.29, 0.717) is 17.4 Å². The van der Waals surface area contributed by atoms with E-state index in [1.165, 1.54) is 103 Å². The largest absolute Gasteiger partial charge is 0.472 e. The van der Waals surface area contributed by atoms with Gasteiger partial charge in [0.05, 0.1) is 39.9 Å². The molecule has 0 fully saturated rings. The number of aliphatic hydroxyl groups excluding tert-OH is 1. The molecule has 3 N–H and O–H groups in total. The molecule has 0 saturated carbocycles. The lowest BCUT2D eigenvalue weighted by atomic mass is 10.0. The van der Waals surface area contributed by atoms with Crippen molar-refractivity contribution in [3.8, 4) is 0 Å². The molecule has 0 rings (SSSR count). The number of amides is 1. The lowest BCUT2D eigenvalue weighted by Gasteiger charge is -2.26. The molecule has 0 saturated heterocycles. The molecule has 0 bridgehead atoms. The summed E-state index contributed by atoms with van der Waals surface area (Å²) in [5, 5.41) is 13.9. The van der Waals surface area contributed by atoms with Crippen LogP contribution in [0, 0.1) is 0 Å². The molecular formula is C47H88N2O6P+. The van der Waals surface area contributed by atoms with Crippen molar-refractivity contribution in [3.63, 3.8) is 0 Å². The molecule has 8 nitrogen and oxygen atoms in total. The van der Waals surface area contributed by atoms with Crippen molar-refractivity contribution >= 4 is 13.7 Å². The van der Waals surface area contributed by atoms with Crippen molar-refractivity contribution in [2.45, 2.75) is 193 Å². The second-order valence-electron chi connectivity index (χ2n) is 16.4. The number of allylic oxidation sites excluding steroid dienone is 9. The van der Waals surface area contributed by atoms with Gasteiger partial charge in [0.25, 0.3) is 0 Å². The maximum Gasteiger partial charge on any atom is 0.472 e. The normalized spacial score (nSPS) is 14.9. The number of nitrogens with zero attached hydrogens (tertiary/aromatic N) is 1. The predicted octanol–water partition coefficient (Wildman–Crippen LogP) is 12.6. The topological polar surface area (TPSA) is 105 Å². The highest BCUT2D eigenvalue weighted by molar-refractivity contribution is 7.47. The Kier molecular flexibility index (Phi) is 37.5. The summed E-state index contributed by atoms with van der Waals surface area (Å²) in [6.45, 7) is 4.69. The number of likely N-dealkylation sites (N-methyl/N-ethyl adjacent to an activating group) is 1. The Morgan fingerprint density at radius 3 is 1.41 bits per heavy atom. The first kappa shape index (κ1) is 54.2. The quantitative estimate of drug-likeness (QED) is 0.0246. The molecular weight excluding hydrogens is 719 g/mol. The fraction of sp³-hybridized carbons (Fsp3) is 0.766. The van der Waals surface area contributed by atoms with E-state index in [4.69, 9.17) is 9.05 Å². The molecule has 0 aliphatic rings. The van der Waals surface area contributed by atoms with E-state index in [0.717, 1.165) is 51.4 Å². The average Bonchev–Trinajstić information content (AvgIpc) is 3.15. The van der Waals surface area contributed by atoms with Crippen LogP contribution in [0.1, 0.15) is 181 Å². The van der Waals surface area contributed by atoms with Gasteiger partial charge in [0.15, 0.2) is 0 Å². The molecule has 326 valence electrons. The van der Waals surface area contributed by atoms with Gasteiger partial charge in [0, 0.05) is 6.42 Å². The predicted molar refractivity (Wildman–Crippen MR) is 240 cm³/mol. The van der Waals surface area contributed by atoms with Gasteiger partial charge in [-0.25, -0.2) is 4.57 Å². The van der Waals surface area contributed by atoms with Crippen molar-refractivity contribution in [2.75, 3.05) is 40.9 Å². The van der Waals surface area contributed by atoms with Gasteiger partial charge in [-0.2, -0.15) is 0 Å². The van der Waals surface area contributed by atoms with Gasteiger partial charge in [0.1, 0.15) is 13.2 Å². The first-order chi connectivity index (χ1) is 27.0. The van der Waals surface area contributed by atoms with Crippen LogP contribution in [-0.4, -0.2) is 73.4 Å².